The van der Waals surface area contributed by atoms with Gasteiger partial charge in [-0.15, -0.1) is 0 Å². The first-order chi connectivity index (χ1) is 7.18. The highest BCUT2D eigenvalue weighted by Crippen LogP contribution is 2.36. The molecule has 1 aliphatic rings. The van der Waals surface area contributed by atoms with Crippen molar-refractivity contribution in [1.29, 1.82) is 0 Å². The molecule has 3 heteroatoms. The Morgan fingerprint density at radius 1 is 1.40 bits per heavy atom. The minimum absolute atomic E-state index is 0.153. The van der Waals surface area contributed by atoms with Gasteiger partial charge >= 0.3 is 0 Å². The van der Waals surface area contributed by atoms with Crippen molar-refractivity contribution in [3.8, 4) is 5.75 Å². The number of hydrogen-bond donors (Lipinski definition) is 1. The van der Waals surface area contributed by atoms with Crippen LogP contribution >= 0.6 is 15.9 Å². The van der Waals surface area contributed by atoms with E-state index in [2.05, 4.69) is 15.9 Å². The summed E-state index contributed by atoms with van der Waals surface area (Å²) in [7, 11) is 0. The van der Waals surface area contributed by atoms with Crippen molar-refractivity contribution in [2.45, 2.75) is 31.2 Å². The van der Waals surface area contributed by atoms with E-state index in [1.54, 1.807) is 0 Å². The number of halogens is 1. The van der Waals surface area contributed by atoms with Crippen molar-refractivity contribution in [3.05, 3.63) is 28.7 Å². The summed E-state index contributed by atoms with van der Waals surface area (Å²) in [5.74, 6) is 0.922. The SMILES string of the molecule is NC1(CCCOc2cccc(Br)c2)CC1. The first-order valence-corrected chi connectivity index (χ1v) is 6.15. The molecule has 0 radical (unpaired) electrons. The molecule has 15 heavy (non-hydrogen) atoms. The van der Waals surface area contributed by atoms with Crippen LogP contribution in [-0.2, 0) is 0 Å². The Morgan fingerprint density at radius 3 is 2.87 bits per heavy atom. The Kier molecular flexibility index (Phi) is 3.32. The number of hydrogen-bond acceptors (Lipinski definition) is 2. The molecule has 2 nitrogen and oxygen atoms in total. The molecule has 0 bridgehead atoms. The molecule has 0 aromatic heterocycles. The summed E-state index contributed by atoms with van der Waals surface area (Å²) in [6.45, 7) is 0.759. The van der Waals surface area contributed by atoms with E-state index >= 15 is 0 Å². The Balaban J connectivity index is 1.69. The normalized spacial score (nSPS) is 17.5. The van der Waals surface area contributed by atoms with Gasteiger partial charge in [-0.2, -0.15) is 0 Å². The molecule has 2 rings (SSSR count). The number of nitrogens with two attached hydrogens (primary N) is 1. The van der Waals surface area contributed by atoms with Gasteiger partial charge in [0.05, 0.1) is 6.61 Å². The minimum atomic E-state index is 0.153. The zero-order chi connectivity index (χ0) is 10.7. The van der Waals surface area contributed by atoms with Crippen LogP contribution in [0.25, 0.3) is 0 Å². The van der Waals surface area contributed by atoms with Crippen molar-refractivity contribution < 1.29 is 4.74 Å². The number of benzene rings is 1. The quantitative estimate of drug-likeness (QED) is 0.834. The van der Waals surface area contributed by atoms with Gasteiger partial charge in [-0.1, -0.05) is 22.0 Å². The van der Waals surface area contributed by atoms with Gasteiger partial charge in [-0.25, -0.2) is 0 Å². The highest BCUT2D eigenvalue weighted by Gasteiger charge is 2.37. The van der Waals surface area contributed by atoms with E-state index in [-0.39, 0.29) is 5.54 Å². The number of ether oxygens (including phenoxy) is 1. The smallest absolute Gasteiger partial charge is 0.120 e. The van der Waals surface area contributed by atoms with Crippen molar-refractivity contribution in [2.24, 2.45) is 5.73 Å². The fourth-order valence-electron chi connectivity index (χ4n) is 1.58. The molecule has 82 valence electrons. The van der Waals surface area contributed by atoms with E-state index in [1.807, 2.05) is 24.3 Å². The van der Waals surface area contributed by atoms with Gasteiger partial charge in [-0.05, 0) is 43.9 Å². The lowest BCUT2D eigenvalue weighted by molar-refractivity contribution is 0.299. The summed E-state index contributed by atoms with van der Waals surface area (Å²) in [6.07, 6.45) is 4.50. The molecule has 0 atom stereocenters. The standard InChI is InChI=1S/C12H16BrNO/c13-10-3-1-4-11(9-10)15-8-2-5-12(14)6-7-12/h1,3-4,9H,2,5-8,14H2. The zero-order valence-corrected chi connectivity index (χ0v) is 10.3. The lowest BCUT2D eigenvalue weighted by Gasteiger charge is -2.09. The maximum absolute atomic E-state index is 5.99. The molecule has 1 fully saturated rings. The molecular formula is C12H16BrNO. The van der Waals surface area contributed by atoms with Gasteiger partial charge in [0.25, 0.3) is 0 Å². The van der Waals surface area contributed by atoms with E-state index in [9.17, 15) is 0 Å². The van der Waals surface area contributed by atoms with E-state index < -0.39 is 0 Å². The Bertz CT molecular complexity index is 336. The topological polar surface area (TPSA) is 35.2 Å². The highest BCUT2D eigenvalue weighted by molar-refractivity contribution is 9.10. The monoisotopic (exact) mass is 269 g/mol. The van der Waals surface area contributed by atoms with Gasteiger partial charge < -0.3 is 10.5 Å². The Morgan fingerprint density at radius 2 is 2.20 bits per heavy atom. The molecule has 1 aromatic rings. The summed E-state index contributed by atoms with van der Waals surface area (Å²) >= 11 is 3.41. The second kappa shape index (κ2) is 4.54. The minimum Gasteiger partial charge on any atom is -0.494 e. The molecule has 0 heterocycles. The zero-order valence-electron chi connectivity index (χ0n) is 8.71. The van der Waals surface area contributed by atoms with Crippen LogP contribution in [0.1, 0.15) is 25.7 Å². The molecule has 0 amide bonds. The Hall–Kier alpha value is -0.540. The predicted octanol–water partition coefficient (Wildman–Crippen LogP) is 3.10. The van der Waals surface area contributed by atoms with Gasteiger partial charge in [0.2, 0.25) is 0 Å². The lowest BCUT2D eigenvalue weighted by atomic mass is 10.1. The molecule has 1 aliphatic carbocycles. The number of rotatable bonds is 5. The summed E-state index contributed by atoms with van der Waals surface area (Å²) in [4.78, 5) is 0. The second-order valence-electron chi connectivity index (χ2n) is 4.27. The molecule has 1 aromatic carbocycles. The first-order valence-electron chi connectivity index (χ1n) is 5.35. The fourth-order valence-corrected chi connectivity index (χ4v) is 1.96. The third kappa shape index (κ3) is 3.50. The van der Waals surface area contributed by atoms with E-state index in [0.29, 0.717) is 0 Å². The van der Waals surface area contributed by atoms with Crippen molar-refractivity contribution in [3.63, 3.8) is 0 Å². The van der Waals surface area contributed by atoms with Crippen LogP contribution in [0.3, 0.4) is 0 Å². The predicted molar refractivity (Wildman–Crippen MR) is 65.0 cm³/mol. The van der Waals surface area contributed by atoms with Gasteiger partial charge in [0, 0.05) is 10.0 Å². The highest BCUT2D eigenvalue weighted by atomic mass is 79.9. The molecule has 2 N–H and O–H groups in total. The van der Waals surface area contributed by atoms with Crippen LogP contribution in [0.15, 0.2) is 28.7 Å². The maximum Gasteiger partial charge on any atom is 0.120 e. The summed E-state index contributed by atoms with van der Waals surface area (Å²) in [5, 5.41) is 0. The molecule has 0 saturated heterocycles. The average Bonchev–Trinajstić information content (AvgIpc) is 2.92. The molecule has 0 unspecified atom stereocenters. The van der Waals surface area contributed by atoms with Gasteiger partial charge in [0.15, 0.2) is 0 Å². The fraction of sp³-hybridized carbons (Fsp3) is 0.500. The van der Waals surface area contributed by atoms with Gasteiger partial charge in [0.1, 0.15) is 5.75 Å². The lowest BCUT2D eigenvalue weighted by Crippen LogP contribution is -2.22. The molecule has 1 saturated carbocycles. The van der Waals surface area contributed by atoms with Crippen LogP contribution in [0.5, 0.6) is 5.75 Å². The molecule has 0 spiro atoms. The second-order valence-corrected chi connectivity index (χ2v) is 5.19. The van der Waals surface area contributed by atoms with E-state index in [4.69, 9.17) is 10.5 Å². The third-order valence-electron chi connectivity index (χ3n) is 2.78. The van der Waals surface area contributed by atoms with Crippen LogP contribution in [0.4, 0.5) is 0 Å². The van der Waals surface area contributed by atoms with Gasteiger partial charge in [-0.3, -0.25) is 0 Å². The van der Waals surface area contributed by atoms with Crippen LogP contribution < -0.4 is 10.5 Å². The maximum atomic E-state index is 5.99. The van der Waals surface area contributed by atoms with E-state index in [0.717, 1.165) is 29.7 Å². The first kappa shape index (κ1) is 11.0. The average molecular weight is 270 g/mol. The van der Waals surface area contributed by atoms with Crippen molar-refractivity contribution in [2.75, 3.05) is 6.61 Å². The van der Waals surface area contributed by atoms with Crippen molar-refractivity contribution >= 4 is 15.9 Å². The summed E-state index contributed by atoms with van der Waals surface area (Å²) in [5.41, 5.74) is 6.14. The third-order valence-corrected chi connectivity index (χ3v) is 3.27. The van der Waals surface area contributed by atoms with Crippen LogP contribution in [0, 0.1) is 0 Å². The molecular weight excluding hydrogens is 254 g/mol. The van der Waals surface area contributed by atoms with Crippen LogP contribution in [-0.4, -0.2) is 12.1 Å². The Labute approximate surface area is 98.9 Å². The summed E-state index contributed by atoms with van der Waals surface area (Å²) in [6, 6.07) is 7.92. The largest absolute Gasteiger partial charge is 0.494 e. The van der Waals surface area contributed by atoms with Crippen LogP contribution in [0.2, 0.25) is 0 Å². The van der Waals surface area contributed by atoms with Crippen molar-refractivity contribution in [1.82, 2.24) is 0 Å². The summed E-state index contributed by atoms with van der Waals surface area (Å²) < 4.78 is 6.68. The molecule has 0 aliphatic heterocycles. The van der Waals surface area contributed by atoms with E-state index in [1.165, 1.54) is 12.8 Å².